The minimum atomic E-state index is -3.59. The standard InChI is InChI=1S/C27H32N6O3.C25H28N6O4S.C24H24FN5O2.C23H25N7O2/c1-18(2)36-27(35)33-11-9-32(10-12-33)23-5-6-24(29-17-23)31-25(34)15-21-13-19(3)26(30-16-21)22-7-8-28-20(4)14-22;1-17-12-20(6-7-26-17)25-22(36(3,34)35)13-19(15-28-25)14-24(33)29-23-5-4-21(16-27-23)31-10-8-30(9-11-31)18(2)32;1-17(31)29-11-13-30(14-12-29)20-8-9-22(27-16-20)28-23(32)15-18-4-6-19(7-5-18)24-21(25)3-2-10-26-24;1-16-11-19(5-6-24-16)23-26-13-18(14-27-23)12-22(32)28-21-4-3-20(15-25-21)30-9-7-29(8-10-30)17(2)31/h5-8,13-14,16-18H,9-12,15H2,1-4H3,(H,29,31,34);4-7,12-13,15-16H,8-11,14H2,1-3H3,(H,27,29,33);2-10,16H,11-15H2,1H3,(H,27,28,32);3-6,11,13-15H,7-10,12H2,1-2H3,(H,25,28,32). The Labute approximate surface area is 788 Å². The van der Waals surface area contributed by atoms with Crippen LogP contribution >= 0.6 is 0 Å². The first-order chi connectivity index (χ1) is 65.3. The van der Waals surface area contributed by atoms with Crippen LogP contribution in [0.4, 0.5) is 55.2 Å². The summed E-state index contributed by atoms with van der Waals surface area (Å²) >= 11 is 0. The molecule has 37 heteroatoms. The number of carbonyl (C=O) groups excluding carboxylic acids is 8. The molecule has 0 atom stereocenters. The molecule has 11 aromatic heterocycles. The largest absolute Gasteiger partial charge is 0.447 e. The lowest BCUT2D eigenvalue weighted by Gasteiger charge is -2.35. The van der Waals surface area contributed by atoms with Crippen LogP contribution in [-0.2, 0) is 73.8 Å². The van der Waals surface area contributed by atoms with Gasteiger partial charge in [-0.15, -0.1) is 0 Å². The number of ether oxygens (including phenoxy) is 1. The van der Waals surface area contributed by atoms with E-state index < -0.39 is 9.84 Å². The number of hydrogen-bond donors (Lipinski definition) is 4. The van der Waals surface area contributed by atoms with Crippen molar-refractivity contribution in [3.05, 3.63) is 259 Å². The maximum atomic E-state index is 13.9. The topological polar surface area (TPSA) is 409 Å². The fraction of sp³-hybridized carbons (Fsp3) is 0.313. The number of hydrogen-bond acceptors (Lipinski definition) is 27. The van der Waals surface area contributed by atoms with Gasteiger partial charge in [-0.2, -0.15) is 0 Å². The van der Waals surface area contributed by atoms with Gasteiger partial charge in [-0.3, -0.25) is 63.5 Å². The van der Waals surface area contributed by atoms with Crippen molar-refractivity contribution in [1.29, 1.82) is 0 Å². The fourth-order valence-electron chi connectivity index (χ4n) is 15.5. The number of rotatable bonds is 22. The van der Waals surface area contributed by atoms with Crippen LogP contribution in [0.25, 0.3) is 45.2 Å². The van der Waals surface area contributed by atoms with Crippen molar-refractivity contribution in [2.45, 2.75) is 99.0 Å². The Hall–Kier alpha value is -15.6. The summed E-state index contributed by atoms with van der Waals surface area (Å²) in [6.45, 7) is 27.3. The van der Waals surface area contributed by atoms with Gasteiger partial charge in [-0.25, -0.2) is 47.5 Å². The smallest absolute Gasteiger partial charge is 0.410 e. The van der Waals surface area contributed by atoms with Crippen LogP contribution in [0.15, 0.2) is 213 Å². The van der Waals surface area contributed by atoms with Gasteiger partial charge in [0, 0.05) is 221 Å². The SMILES string of the molecule is CC(=O)N1CCN(c2ccc(NC(=O)Cc3ccc(-c4ncccc4F)cc3)nc2)CC1.CC(=O)N1CCN(c2ccc(NC(=O)Cc3cnc(-c4ccnc(C)c4)c(S(C)(=O)=O)c3)nc2)CC1.CC(=O)N1CCN(c2ccc(NC(=O)Cc3cnc(-c4ccnc(C)c4)nc3)nc2)CC1.Cc1cc(-c2ncc(CC(=O)Nc3ccc(N4CCN(C(=O)OC(C)C)CC4)cn3)cc2C)ccn1. The van der Waals surface area contributed by atoms with Crippen molar-refractivity contribution >= 4 is 103 Å². The second kappa shape index (κ2) is 46.2. The third kappa shape index (κ3) is 28.0. The van der Waals surface area contributed by atoms with Gasteiger partial charge >= 0.3 is 6.09 Å². The Morgan fingerprint density at radius 1 is 0.353 bits per heavy atom. The Bertz CT molecular complexity index is 6320. The summed E-state index contributed by atoms with van der Waals surface area (Å²) in [4.78, 5) is 164. The summed E-state index contributed by atoms with van der Waals surface area (Å²) in [6, 6.07) is 39.4. The molecule has 0 radical (unpaired) electrons. The molecule has 4 N–H and O–H groups in total. The molecule has 4 saturated heterocycles. The molecule has 704 valence electrons. The lowest BCUT2D eigenvalue weighted by molar-refractivity contribution is -0.129. The normalized spacial score (nSPS) is 13.7. The lowest BCUT2D eigenvalue weighted by atomic mass is 10.0. The van der Waals surface area contributed by atoms with E-state index in [4.69, 9.17) is 4.74 Å². The second-order valence-electron chi connectivity index (χ2n) is 33.4. The van der Waals surface area contributed by atoms with Crippen molar-refractivity contribution in [2.24, 2.45) is 0 Å². The van der Waals surface area contributed by atoms with Gasteiger partial charge in [0.05, 0.1) is 95.6 Å². The van der Waals surface area contributed by atoms with Crippen LogP contribution in [0.3, 0.4) is 0 Å². The number of amides is 8. The zero-order valence-corrected chi connectivity index (χ0v) is 78.4. The minimum Gasteiger partial charge on any atom is -0.447 e. The molecule has 35 nitrogen and oxygen atoms in total. The number of nitrogens with zero attached hydrogens (tertiary/aromatic N) is 20. The van der Waals surface area contributed by atoms with Crippen LogP contribution in [0, 0.1) is 33.5 Å². The highest BCUT2D eigenvalue weighted by Crippen LogP contribution is 2.30. The molecule has 4 aliphatic rings. The number of halogens is 1. The summed E-state index contributed by atoms with van der Waals surface area (Å²) < 4.78 is 44.1. The number of anilines is 8. The zero-order valence-electron chi connectivity index (χ0n) is 77.6. The van der Waals surface area contributed by atoms with Crippen molar-refractivity contribution in [1.82, 2.24) is 79.4 Å². The number of nitrogens with one attached hydrogen (secondary N) is 4. The predicted octanol–water partition coefficient (Wildman–Crippen LogP) is 11.3. The molecular weight excluding hydrogens is 1750 g/mol. The number of aromatic nitrogens is 12. The molecule has 136 heavy (non-hydrogen) atoms. The Kier molecular flexibility index (Phi) is 33.3. The molecule has 0 bridgehead atoms. The molecule has 16 rings (SSSR count). The van der Waals surface area contributed by atoms with Crippen LogP contribution in [0.5, 0.6) is 0 Å². The van der Waals surface area contributed by atoms with Crippen molar-refractivity contribution in [3.8, 4) is 45.2 Å². The van der Waals surface area contributed by atoms with E-state index in [2.05, 4.69) is 101 Å². The quantitative estimate of drug-likeness (QED) is 0.0489. The van der Waals surface area contributed by atoms with E-state index in [-0.39, 0.29) is 95.6 Å². The number of aryl methyl sites for hydroxylation is 4. The van der Waals surface area contributed by atoms with E-state index in [0.29, 0.717) is 117 Å². The summed E-state index contributed by atoms with van der Waals surface area (Å²) in [6.07, 6.45) is 21.3. The second-order valence-corrected chi connectivity index (χ2v) is 35.4. The van der Waals surface area contributed by atoms with E-state index in [1.807, 2.05) is 111 Å². The molecule has 15 heterocycles. The first-order valence-electron chi connectivity index (χ1n) is 44.6. The fourth-order valence-corrected chi connectivity index (χ4v) is 16.4. The maximum absolute atomic E-state index is 13.9. The average molecular weight is 1860 g/mol. The lowest BCUT2D eigenvalue weighted by Crippen LogP contribution is -2.49. The van der Waals surface area contributed by atoms with E-state index in [1.165, 1.54) is 18.3 Å². The summed E-state index contributed by atoms with van der Waals surface area (Å²) in [7, 11) is -3.59. The Balaban J connectivity index is 0.000000154. The maximum Gasteiger partial charge on any atom is 0.410 e. The van der Waals surface area contributed by atoms with E-state index in [0.717, 1.165) is 124 Å². The highest BCUT2D eigenvalue weighted by atomic mass is 32.2. The van der Waals surface area contributed by atoms with Gasteiger partial charge in [0.1, 0.15) is 34.8 Å². The third-order valence-electron chi connectivity index (χ3n) is 22.7. The third-order valence-corrected chi connectivity index (χ3v) is 23.8. The molecule has 0 saturated carbocycles. The van der Waals surface area contributed by atoms with Gasteiger partial charge in [0.2, 0.25) is 41.4 Å². The summed E-state index contributed by atoms with van der Waals surface area (Å²) in [5.74, 6) is 1.50. The van der Waals surface area contributed by atoms with Crippen molar-refractivity contribution in [2.75, 3.05) is 152 Å². The van der Waals surface area contributed by atoms with Gasteiger partial charge in [0.15, 0.2) is 15.7 Å². The van der Waals surface area contributed by atoms with Crippen LogP contribution in [-0.4, -0.2) is 252 Å². The monoisotopic (exact) mass is 1860 g/mol. The molecular formula is C99H109FN24O11S. The van der Waals surface area contributed by atoms with Crippen LogP contribution in [0.2, 0.25) is 0 Å². The van der Waals surface area contributed by atoms with Gasteiger partial charge in [0.25, 0.3) is 0 Å². The highest BCUT2D eigenvalue weighted by Gasteiger charge is 2.27. The van der Waals surface area contributed by atoms with Crippen LogP contribution in [0.1, 0.15) is 79.5 Å². The molecule has 4 fully saturated rings. The Morgan fingerprint density at radius 3 is 1.07 bits per heavy atom. The number of pyridine rings is 10. The van der Waals surface area contributed by atoms with E-state index >= 15 is 0 Å². The molecule has 0 spiro atoms. The van der Waals surface area contributed by atoms with Crippen LogP contribution < -0.4 is 40.9 Å². The average Bonchev–Trinajstić information content (AvgIpc) is 0.792. The van der Waals surface area contributed by atoms with Gasteiger partial charge < -0.3 is 65.2 Å². The summed E-state index contributed by atoms with van der Waals surface area (Å²) in [5.41, 5.74) is 14.9. The molecule has 0 aliphatic carbocycles. The number of piperazine rings is 4. The van der Waals surface area contributed by atoms with Crippen molar-refractivity contribution < 1.29 is 55.9 Å². The number of carbonyl (C=O) groups is 8. The van der Waals surface area contributed by atoms with Gasteiger partial charge in [-0.05, 0) is 172 Å². The van der Waals surface area contributed by atoms with Crippen molar-refractivity contribution in [3.63, 3.8) is 0 Å². The molecule has 8 amide bonds. The molecule has 0 unspecified atom stereocenters. The predicted molar refractivity (Wildman–Crippen MR) is 517 cm³/mol. The first kappa shape index (κ1) is 98.0. The Morgan fingerprint density at radius 2 is 0.706 bits per heavy atom. The van der Waals surface area contributed by atoms with E-state index in [9.17, 15) is 51.2 Å². The molecule has 12 aromatic rings. The minimum absolute atomic E-state index is 0.0540. The number of sulfone groups is 1. The number of benzene rings is 1. The first-order valence-corrected chi connectivity index (χ1v) is 46.4. The molecule has 4 aliphatic heterocycles. The van der Waals surface area contributed by atoms with E-state index in [1.54, 1.807) is 161 Å². The molecule has 1 aromatic carbocycles. The van der Waals surface area contributed by atoms with Gasteiger partial charge in [-0.1, -0.05) is 30.3 Å². The highest BCUT2D eigenvalue weighted by molar-refractivity contribution is 7.90. The summed E-state index contributed by atoms with van der Waals surface area (Å²) in [5, 5.41) is 11.2. The zero-order chi connectivity index (χ0) is 96.5.